The van der Waals surface area contributed by atoms with Gasteiger partial charge in [0.05, 0.1) is 5.56 Å². The van der Waals surface area contributed by atoms with E-state index in [0.29, 0.717) is 49.4 Å². The maximum absolute atomic E-state index is 13.9. The molecule has 0 saturated carbocycles. The van der Waals surface area contributed by atoms with E-state index in [9.17, 15) is 18.4 Å². The third-order valence-electron chi connectivity index (χ3n) is 5.56. The summed E-state index contributed by atoms with van der Waals surface area (Å²) in [4.78, 5) is 38.1. The Morgan fingerprint density at radius 1 is 1.16 bits per heavy atom. The average Bonchev–Trinajstić information content (AvgIpc) is 2.80. The number of nitrogens with zero attached hydrogens (tertiary/aromatic N) is 3. The number of aromatic amines is 1. The Morgan fingerprint density at radius 3 is 2.61 bits per heavy atom. The molecule has 1 fully saturated rings. The number of piperidine rings is 1. The Balaban J connectivity index is 1.43. The number of hydrogen-bond acceptors (Lipinski definition) is 5. The van der Waals surface area contributed by atoms with E-state index < -0.39 is 11.6 Å². The molecule has 1 saturated heterocycles. The fourth-order valence-electron chi connectivity index (χ4n) is 3.82. The van der Waals surface area contributed by atoms with Crippen LogP contribution in [0.3, 0.4) is 0 Å². The molecule has 0 unspecified atom stereocenters. The van der Waals surface area contributed by atoms with Gasteiger partial charge in [0, 0.05) is 42.5 Å². The van der Waals surface area contributed by atoms with Crippen LogP contribution in [0.1, 0.15) is 35.8 Å². The molecule has 0 amide bonds. The standard InChI is InChI=1S/C23H22F2N4O2/c1-2-17-12-21(30)28-23(27-17)15-3-6-20(26-13-15)29-9-7-14(8-10-29)22(31)18-11-16(24)4-5-19(18)25/h3-6,11-14H,2,7-10H2,1H3,(H,27,28,30). The summed E-state index contributed by atoms with van der Waals surface area (Å²) in [6.07, 6.45) is 3.39. The minimum atomic E-state index is -0.690. The third-order valence-corrected chi connectivity index (χ3v) is 5.56. The number of aryl methyl sites for hydroxylation is 1. The highest BCUT2D eigenvalue weighted by Gasteiger charge is 2.28. The molecule has 0 aliphatic carbocycles. The van der Waals surface area contributed by atoms with Crippen LogP contribution in [0.4, 0.5) is 14.6 Å². The van der Waals surface area contributed by atoms with Crippen molar-refractivity contribution in [2.75, 3.05) is 18.0 Å². The van der Waals surface area contributed by atoms with Crippen molar-refractivity contribution in [3.8, 4) is 11.4 Å². The average molecular weight is 424 g/mol. The number of rotatable bonds is 5. The van der Waals surface area contributed by atoms with Crippen molar-refractivity contribution in [3.05, 3.63) is 75.8 Å². The molecule has 0 radical (unpaired) electrons. The molecule has 1 aliphatic heterocycles. The second kappa shape index (κ2) is 8.75. The van der Waals surface area contributed by atoms with Crippen molar-refractivity contribution in [1.29, 1.82) is 0 Å². The zero-order valence-electron chi connectivity index (χ0n) is 17.1. The van der Waals surface area contributed by atoms with E-state index in [4.69, 9.17) is 0 Å². The quantitative estimate of drug-likeness (QED) is 0.631. The van der Waals surface area contributed by atoms with Gasteiger partial charge in [-0.05, 0) is 49.6 Å². The van der Waals surface area contributed by atoms with E-state index in [2.05, 4.69) is 15.0 Å². The van der Waals surface area contributed by atoms with Crippen LogP contribution < -0.4 is 10.5 Å². The maximum Gasteiger partial charge on any atom is 0.251 e. The first-order chi connectivity index (χ1) is 14.9. The fourth-order valence-corrected chi connectivity index (χ4v) is 3.82. The Morgan fingerprint density at radius 2 is 1.94 bits per heavy atom. The van der Waals surface area contributed by atoms with E-state index >= 15 is 0 Å². The van der Waals surface area contributed by atoms with Gasteiger partial charge in [0.2, 0.25) is 0 Å². The lowest BCUT2D eigenvalue weighted by molar-refractivity contribution is 0.0895. The fraction of sp³-hybridized carbons (Fsp3) is 0.304. The maximum atomic E-state index is 13.9. The molecule has 160 valence electrons. The first-order valence-electron chi connectivity index (χ1n) is 10.3. The normalized spacial score (nSPS) is 14.6. The molecule has 31 heavy (non-hydrogen) atoms. The number of halogens is 2. The predicted octanol–water partition coefficient (Wildman–Crippen LogP) is 3.77. The summed E-state index contributed by atoms with van der Waals surface area (Å²) in [5, 5.41) is 0. The van der Waals surface area contributed by atoms with Gasteiger partial charge in [-0.25, -0.2) is 18.7 Å². The highest BCUT2D eigenvalue weighted by atomic mass is 19.1. The van der Waals surface area contributed by atoms with E-state index in [1.165, 1.54) is 6.07 Å². The van der Waals surface area contributed by atoms with Crippen molar-refractivity contribution < 1.29 is 13.6 Å². The Labute approximate surface area is 178 Å². The molecule has 4 rings (SSSR count). The van der Waals surface area contributed by atoms with Crippen LogP contribution in [0.2, 0.25) is 0 Å². The van der Waals surface area contributed by atoms with Gasteiger partial charge >= 0.3 is 0 Å². The van der Waals surface area contributed by atoms with Gasteiger partial charge < -0.3 is 9.88 Å². The van der Waals surface area contributed by atoms with Gasteiger partial charge in [-0.15, -0.1) is 0 Å². The highest BCUT2D eigenvalue weighted by Crippen LogP contribution is 2.27. The number of aromatic nitrogens is 3. The zero-order chi connectivity index (χ0) is 22.0. The van der Waals surface area contributed by atoms with E-state index in [-0.39, 0.29) is 22.8 Å². The van der Waals surface area contributed by atoms with Gasteiger partial charge in [-0.1, -0.05) is 6.92 Å². The molecule has 6 nitrogen and oxygen atoms in total. The zero-order valence-corrected chi connectivity index (χ0v) is 17.1. The molecule has 8 heteroatoms. The molecule has 1 aromatic carbocycles. The summed E-state index contributed by atoms with van der Waals surface area (Å²) in [7, 11) is 0. The van der Waals surface area contributed by atoms with Gasteiger partial charge in [-0.3, -0.25) is 9.59 Å². The number of benzene rings is 1. The molecular weight excluding hydrogens is 402 g/mol. The van der Waals surface area contributed by atoms with Crippen molar-refractivity contribution in [3.63, 3.8) is 0 Å². The summed E-state index contributed by atoms with van der Waals surface area (Å²) in [6, 6.07) is 8.14. The summed E-state index contributed by atoms with van der Waals surface area (Å²) in [5.74, 6) is -0.786. The molecule has 0 spiro atoms. The molecule has 0 atom stereocenters. The minimum absolute atomic E-state index is 0.184. The SMILES string of the molecule is CCc1cc(=O)[nH]c(-c2ccc(N3CCC(C(=O)c4cc(F)ccc4F)CC3)nc2)n1. The largest absolute Gasteiger partial charge is 0.357 e. The van der Waals surface area contributed by atoms with Crippen LogP contribution in [-0.4, -0.2) is 33.8 Å². The molecule has 1 aliphatic rings. The first kappa shape index (κ1) is 20.8. The van der Waals surface area contributed by atoms with E-state index in [0.717, 1.165) is 24.0 Å². The first-order valence-corrected chi connectivity index (χ1v) is 10.3. The predicted molar refractivity (Wildman–Crippen MR) is 113 cm³/mol. The monoisotopic (exact) mass is 424 g/mol. The number of carbonyl (C=O) groups is 1. The number of carbonyl (C=O) groups excluding carboxylic acids is 1. The number of nitrogens with one attached hydrogen (secondary N) is 1. The van der Waals surface area contributed by atoms with E-state index in [1.807, 2.05) is 24.0 Å². The smallest absolute Gasteiger partial charge is 0.251 e. The number of H-pyrrole nitrogens is 1. The van der Waals surface area contributed by atoms with Crippen LogP contribution in [0, 0.1) is 17.6 Å². The van der Waals surface area contributed by atoms with Crippen molar-refractivity contribution in [2.24, 2.45) is 5.92 Å². The number of Topliss-reactive ketones (excluding diaryl/α,β-unsaturated/α-hetero) is 1. The third kappa shape index (κ3) is 4.52. The number of hydrogen-bond donors (Lipinski definition) is 1. The molecular formula is C23H22F2N4O2. The van der Waals surface area contributed by atoms with Crippen LogP contribution >= 0.6 is 0 Å². The second-order valence-corrected chi connectivity index (χ2v) is 7.59. The molecule has 1 N–H and O–H groups in total. The van der Waals surface area contributed by atoms with Crippen molar-refractivity contribution >= 4 is 11.6 Å². The lowest BCUT2D eigenvalue weighted by atomic mass is 9.88. The van der Waals surface area contributed by atoms with Crippen LogP contribution in [-0.2, 0) is 6.42 Å². The molecule has 0 bridgehead atoms. The van der Waals surface area contributed by atoms with E-state index in [1.54, 1.807) is 6.20 Å². The summed E-state index contributed by atoms with van der Waals surface area (Å²) < 4.78 is 27.4. The van der Waals surface area contributed by atoms with Gasteiger partial charge in [-0.2, -0.15) is 0 Å². The molecule has 2 aromatic heterocycles. The summed E-state index contributed by atoms with van der Waals surface area (Å²) in [6.45, 7) is 3.10. The second-order valence-electron chi connectivity index (χ2n) is 7.59. The lowest BCUT2D eigenvalue weighted by Gasteiger charge is -2.32. The van der Waals surface area contributed by atoms with Gasteiger partial charge in [0.25, 0.3) is 5.56 Å². The molecule has 3 heterocycles. The van der Waals surface area contributed by atoms with Crippen LogP contribution in [0.5, 0.6) is 0 Å². The molecule has 3 aromatic rings. The summed E-state index contributed by atoms with van der Waals surface area (Å²) >= 11 is 0. The Bertz CT molecular complexity index is 1150. The summed E-state index contributed by atoms with van der Waals surface area (Å²) in [5.41, 5.74) is 1.04. The highest BCUT2D eigenvalue weighted by molar-refractivity contribution is 5.98. The minimum Gasteiger partial charge on any atom is -0.357 e. The van der Waals surface area contributed by atoms with Crippen LogP contribution in [0.15, 0.2) is 47.4 Å². The van der Waals surface area contributed by atoms with Gasteiger partial charge in [0.15, 0.2) is 5.78 Å². The lowest BCUT2D eigenvalue weighted by Crippen LogP contribution is -2.37. The van der Waals surface area contributed by atoms with Crippen molar-refractivity contribution in [2.45, 2.75) is 26.2 Å². The number of pyridine rings is 1. The van der Waals surface area contributed by atoms with Gasteiger partial charge in [0.1, 0.15) is 23.3 Å². The number of anilines is 1. The van der Waals surface area contributed by atoms with Crippen LogP contribution in [0.25, 0.3) is 11.4 Å². The Kier molecular flexibility index (Phi) is 5.88. The number of ketones is 1. The topological polar surface area (TPSA) is 79.0 Å². The Hall–Kier alpha value is -3.42. The van der Waals surface area contributed by atoms with Crippen molar-refractivity contribution in [1.82, 2.24) is 15.0 Å².